The smallest absolute Gasteiger partial charge is 0.241 e. The molecule has 0 spiro atoms. The van der Waals surface area contributed by atoms with Crippen molar-refractivity contribution in [2.45, 2.75) is 26.8 Å². The highest BCUT2D eigenvalue weighted by Crippen LogP contribution is 2.31. The van der Waals surface area contributed by atoms with Crippen LogP contribution in [-0.2, 0) is 6.54 Å². The number of rotatable bonds is 4. The summed E-state index contributed by atoms with van der Waals surface area (Å²) in [6, 6.07) is 14.2. The Morgan fingerprint density at radius 1 is 1.14 bits per heavy atom. The van der Waals surface area contributed by atoms with Crippen molar-refractivity contribution >= 4 is 16.5 Å². The Labute approximate surface area is 124 Å². The largest absolute Gasteiger partial charge is 0.437 e. The van der Waals surface area contributed by atoms with Crippen LogP contribution < -0.4 is 10.5 Å². The summed E-state index contributed by atoms with van der Waals surface area (Å²) in [6.45, 7) is 4.79. The summed E-state index contributed by atoms with van der Waals surface area (Å²) in [4.78, 5) is 0. The van der Waals surface area contributed by atoms with Gasteiger partial charge in [0.05, 0.1) is 5.69 Å². The fraction of sp³-hybridized carbons (Fsp3) is 0.235. The van der Waals surface area contributed by atoms with Gasteiger partial charge in [0.2, 0.25) is 5.88 Å². The Balaban J connectivity index is 1.98. The summed E-state index contributed by atoms with van der Waals surface area (Å²) < 4.78 is 7.83. The molecule has 21 heavy (non-hydrogen) atoms. The molecule has 0 aliphatic heterocycles. The molecule has 0 bridgehead atoms. The van der Waals surface area contributed by atoms with E-state index in [1.807, 2.05) is 41.9 Å². The SMILES string of the molecule is CCCn1nc(C)c(N)c1Oc1ccc2ccccc2c1. The predicted octanol–water partition coefficient (Wildman–Crippen LogP) is 4.13. The van der Waals surface area contributed by atoms with Gasteiger partial charge in [-0.05, 0) is 36.2 Å². The molecule has 0 atom stereocenters. The number of anilines is 1. The molecule has 0 saturated carbocycles. The summed E-state index contributed by atoms with van der Waals surface area (Å²) in [5.41, 5.74) is 7.50. The lowest BCUT2D eigenvalue weighted by atomic mass is 10.1. The number of aromatic nitrogens is 2. The number of fused-ring (bicyclic) bond motifs is 1. The minimum atomic E-state index is 0.608. The lowest BCUT2D eigenvalue weighted by Crippen LogP contribution is -2.02. The van der Waals surface area contributed by atoms with Crippen LogP contribution in [0.15, 0.2) is 42.5 Å². The summed E-state index contributed by atoms with van der Waals surface area (Å²) >= 11 is 0. The number of benzene rings is 2. The Kier molecular flexibility index (Phi) is 3.52. The predicted molar refractivity (Wildman–Crippen MR) is 85.7 cm³/mol. The molecule has 4 heteroatoms. The van der Waals surface area contributed by atoms with Crippen LogP contribution in [-0.4, -0.2) is 9.78 Å². The van der Waals surface area contributed by atoms with E-state index in [9.17, 15) is 0 Å². The summed E-state index contributed by atoms with van der Waals surface area (Å²) in [5, 5.41) is 6.76. The van der Waals surface area contributed by atoms with E-state index in [0.29, 0.717) is 11.6 Å². The van der Waals surface area contributed by atoms with E-state index in [0.717, 1.165) is 29.8 Å². The highest BCUT2D eigenvalue weighted by Gasteiger charge is 2.14. The highest BCUT2D eigenvalue weighted by molar-refractivity contribution is 5.83. The van der Waals surface area contributed by atoms with Gasteiger partial charge in [0, 0.05) is 6.54 Å². The molecule has 4 nitrogen and oxygen atoms in total. The van der Waals surface area contributed by atoms with Crippen LogP contribution in [0, 0.1) is 6.92 Å². The van der Waals surface area contributed by atoms with Crippen LogP contribution in [0.25, 0.3) is 10.8 Å². The minimum absolute atomic E-state index is 0.608. The molecule has 1 heterocycles. The molecule has 2 N–H and O–H groups in total. The first-order chi connectivity index (χ1) is 10.2. The number of nitrogens with two attached hydrogens (primary N) is 1. The Bertz CT molecular complexity index is 777. The van der Waals surface area contributed by atoms with E-state index in [-0.39, 0.29) is 0 Å². The fourth-order valence-electron chi connectivity index (χ4n) is 2.39. The van der Waals surface area contributed by atoms with Gasteiger partial charge < -0.3 is 10.5 Å². The molecule has 1 aromatic heterocycles. The third-order valence-corrected chi connectivity index (χ3v) is 3.50. The van der Waals surface area contributed by atoms with Gasteiger partial charge in [-0.3, -0.25) is 0 Å². The molecule has 0 unspecified atom stereocenters. The zero-order valence-corrected chi connectivity index (χ0v) is 12.3. The minimum Gasteiger partial charge on any atom is -0.437 e. The standard InChI is InChI=1S/C17H19N3O/c1-3-10-20-17(16(18)12(2)19-20)21-15-9-8-13-6-4-5-7-14(13)11-15/h4-9,11H,3,10,18H2,1-2H3. The van der Waals surface area contributed by atoms with Crippen LogP contribution in [0.5, 0.6) is 11.6 Å². The topological polar surface area (TPSA) is 53.1 Å². The molecule has 2 aromatic carbocycles. The first-order valence-electron chi connectivity index (χ1n) is 7.18. The van der Waals surface area contributed by atoms with Crippen LogP contribution >= 0.6 is 0 Å². The van der Waals surface area contributed by atoms with Crippen LogP contribution in [0.3, 0.4) is 0 Å². The molecule has 3 rings (SSSR count). The monoisotopic (exact) mass is 281 g/mol. The normalized spacial score (nSPS) is 11.0. The molecule has 108 valence electrons. The average Bonchev–Trinajstić information content (AvgIpc) is 2.75. The second-order valence-corrected chi connectivity index (χ2v) is 5.14. The van der Waals surface area contributed by atoms with Crippen LogP contribution in [0.2, 0.25) is 0 Å². The molecule has 0 radical (unpaired) electrons. The first-order valence-corrected chi connectivity index (χ1v) is 7.18. The van der Waals surface area contributed by atoms with Crippen molar-refractivity contribution in [1.29, 1.82) is 0 Å². The van der Waals surface area contributed by atoms with Gasteiger partial charge >= 0.3 is 0 Å². The maximum atomic E-state index is 6.09. The third-order valence-electron chi connectivity index (χ3n) is 3.50. The van der Waals surface area contributed by atoms with E-state index in [2.05, 4.69) is 24.2 Å². The van der Waals surface area contributed by atoms with Gasteiger partial charge in [0.15, 0.2) is 0 Å². The average molecular weight is 281 g/mol. The van der Waals surface area contributed by atoms with E-state index in [4.69, 9.17) is 10.5 Å². The molecule has 0 saturated heterocycles. The maximum absolute atomic E-state index is 6.09. The number of nitrogens with zero attached hydrogens (tertiary/aromatic N) is 2. The van der Waals surface area contributed by atoms with E-state index >= 15 is 0 Å². The number of aryl methyl sites for hydroxylation is 2. The quantitative estimate of drug-likeness (QED) is 0.782. The molecule has 0 amide bonds. The van der Waals surface area contributed by atoms with Crippen molar-refractivity contribution in [3.63, 3.8) is 0 Å². The third kappa shape index (κ3) is 2.57. The molecule has 0 aliphatic rings. The second kappa shape index (κ2) is 5.48. The Hall–Kier alpha value is -2.49. The van der Waals surface area contributed by atoms with Crippen LogP contribution in [0.4, 0.5) is 5.69 Å². The Morgan fingerprint density at radius 2 is 1.90 bits per heavy atom. The second-order valence-electron chi connectivity index (χ2n) is 5.14. The summed E-state index contributed by atoms with van der Waals surface area (Å²) in [7, 11) is 0. The van der Waals surface area contributed by atoms with E-state index in [1.165, 1.54) is 5.39 Å². The summed E-state index contributed by atoms with van der Waals surface area (Å²) in [5.74, 6) is 1.40. The van der Waals surface area contributed by atoms with Crippen molar-refractivity contribution in [2.24, 2.45) is 0 Å². The maximum Gasteiger partial charge on any atom is 0.241 e. The van der Waals surface area contributed by atoms with Gasteiger partial charge in [-0.15, -0.1) is 0 Å². The van der Waals surface area contributed by atoms with E-state index in [1.54, 1.807) is 0 Å². The molecule has 0 fully saturated rings. The van der Waals surface area contributed by atoms with Gasteiger partial charge in [-0.25, -0.2) is 4.68 Å². The molecular weight excluding hydrogens is 262 g/mol. The number of hydrogen-bond acceptors (Lipinski definition) is 3. The van der Waals surface area contributed by atoms with E-state index < -0.39 is 0 Å². The van der Waals surface area contributed by atoms with Crippen molar-refractivity contribution in [3.05, 3.63) is 48.2 Å². The number of hydrogen-bond donors (Lipinski definition) is 1. The highest BCUT2D eigenvalue weighted by atomic mass is 16.5. The van der Waals surface area contributed by atoms with Crippen molar-refractivity contribution < 1.29 is 4.74 Å². The zero-order valence-electron chi connectivity index (χ0n) is 12.3. The number of nitrogen functional groups attached to an aromatic ring is 1. The number of ether oxygens (including phenoxy) is 1. The van der Waals surface area contributed by atoms with Gasteiger partial charge in [-0.2, -0.15) is 5.10 Å². The Morgan fingerprint density at radius 3 is 2.67 bits per heavy atom. The van der Waals surface area contributed by atoms with Crippen LogP contribution in [0.1, 0.15) is 19.0 Å². The lowest BCUT2D eigenvalue weighted by molar-refractivity contribution is 0.411. The fourth-order valence-corrected chi connectivity index (χ4v) is 2.39. The van der Waals surface area contributed by atoms with Crippen molar-refractivity contribution in [1.82, 2.24) is 9.78 Å². The lowest BCUT2D eigenvalue weighted by Gasteiger charge is -2.09. The first kappa shape index (κ1) is 13.5. The van der Waals surface area contributed by atoms with Crippen molar-refractivity contribution in [3.8, 4) is 11.6 Å². The van der Waals surface area contributed by atoms with Gasteiger partial charge in [0.25, 0.3) is 0 Å². The summed E-state index contributed by atoms with van der Waals surface area (Å²) in [6.07, 6.45) is 0.981. The molecular formula is C17H19N3O. The molecule has 3 aromatic rings. The van der Waals surface area contributed by atoms with Gasteiger partial charge in [0.1, 0.15) is 11.4 Å². The molecule has 0 aliphatic carbocycles. The van der Waals surface area contributed by atoms with Gasteiger partial charge in [-0.1, -0.05) is 37.3 Å². The van der Waals surface area contributed by atoms with Crippen molar-refractivity contribution in [2.75, 3.05) is 5.73 Å². The zero-order chi connectivity index (χ0) is 14.8.